The van der Waals surface area contributed by atoms with Crippen molar-refractivity contribution in [3.8, 4) is 0 Å². The lowest BCUT2D eigenvalue weighted by Crippen LogP contribution is -2.28. The highest BCUT2D eigenvalue weighted by molar-refractivity contribution is 5.98. The van der Waals surface area contributed by atoms with E-state index < -0.39 is 17.7 Å². The Balaban J connectivity index is 1.66. The van der Waals surface area contributed by atoms with Gasteiger partial charge < -0.3 is 15.5 Å². The zero-order valence-electron chi connectivity index (χ0n) is 17.8. The minimum atomic E-state index is -4.46. The van der Waals surface area contributed by atoms with Gasteiger partial charge in [-0.1, -0.05) is 25.1 Å². The number of alkyl halides is 3. The largest absolute Gasteiger partial charge is 0.416 e. The molecule has 32 heavy (non-hydrogen) atoms. The number of likely N-dealkylation sites (tertiary alicyclic amines) is 1. The van der Waals surface area contributed by atoms with Gasteiger partial charge in [0.1, 0.15) is 0 Å². The summed E-state index contributed by atoms with van der Waals surface area (Å²) in [6.45, 7) is 3.66. The normalized spacial score (nSPS) is 16.2. The molecule has 6 nitrogen and oxygen atoms in total. The number of benzene rings is 2. The van der Waals surface area contributed by atoms with E-state index in [1.807, 2.05) is 0 Å². The molecule has 1 aliphatic rings. The molecule has 0 spiro atoms. The Morgan fingerprint density at radius 1 is 1.12 bits per heavy atom. The zero-order valence-corrected chi connectivity index (χ0v) is 17.8. The predicted molar refractivity (Wildman–Crippen MR) is 114 cm³/mol. The van der Waals surface area contributed by atoms with E-state index in [0.29, 0.717) is 23.4 Å². The number of hydrogen-bond acceptors (Lipinski definition) is 3. The van der Waals surface area contributed by atoms with E-state index in [2.05, 4.69) is 10.6 Å². The van der Waals surface area contributed by atoms with Crippen molar-refractivity contribution in [3.05, 3.63) is 59.2 Å². The summed E-state index contributed by atoms with van der Waals surface area (Å²) in [5, 5.41) is 5.53. The maximum atomic E-state index is 12.9. The molecule has 0 saturated carbocycles. The van der Waals surface area contributed by atoms with Crippen LogP contribution < -0.4 is 10.6 Å². The number of aryl methyl sites for hydroxylation is 1. The molecule has 1 heterocycles. The summed E-state index contributed by atoms with van der Waals surface area (Å²) < 4.78 is 38.8. The molecule has 3 amide bonds. The highest BCUT2D eigenvalue weighted by Gasteiger charge is 2.35. The summed E-state index contributed by atoms with van der Waals surface area (Å²) in [4.78, 5) is 38.1. The van der Waals surface area contributed by atoms with Gasteiger partial charge in [0.05, 0.1) is 11.5 Å². The molecule has 0 bridgehead atoms. The van der Waals surface area contributed by atoms with Crippen molar-refractivity contribution < 1.29 is 27.6 Å². The van der Waals surface area contributed by atoms with Crippen molar-refractivity contribution in [3.63, 3.8) is 0 Å². The van der Waals surface area contributed by atoms with Crippen LogP contribution in [0.4, 0.5) is 24.5 Å². The molecule has 2 aromatic rings. The highest BCUT2D eigenvalue weighted by atomic mass is 19.4. The van der Waals surface area contributed by atoms with Crippen LogP contribution in [-0.4, -0.2) is 29.2 Å². The predicted octanol–water partition coefficient (Wildman–Crippen LogP) is 4.35. The van der Waals surface area contributed by atoms with E-state index in [1.165, 1.54) is 17.0 Å². The van der Waals surface area contributed by atoms with E-state index in [9.17, 15) is 27.6 Å². The minimum Gasteiger partial charge on any atom is -0.338 e. The second-order valence-electron chi connectivity index (χ2n) is 7.79. The summed E-state index contributed by atoms with van der Waals surface area (Å²) in [5.74, 6) is -1.42. The van der Waals surface area contributed by atoms with Gasteiger partial charge in [0.15, 0.2) is 0 Å². The van der Waals surface area contributed by atoms with E-state index >= 15 is 0 Å². The number of amides is 3. The Morgan fingerprint density at radius 3 is 2.56 bits per heavy atom. The molecule has 0 radical (unpaired) electrons. The van der Waals surface area contributed by atoms with Crippen molar-refractivity contribution >= 4 is 29.1 Å². The number of carbonyl (C=O) groups is 3. The number of rotatable bonds is 6. The van der Waals surface area contributed by atoms with Gasteiger partial charge in [0.25, 0.3) is 0 Å². The number of halogens is 3. The Hall–Kier alpha value is -3.36. The van der Waals surface area contributed by atoms with E-state index in [-0.39, 0.29) is 37.2 Å². The Labute approximate surface area is 183 Å². The first-order chi connectivity index (χ1) is 15.1. The van der Waals surface area contributed by atoms with Crippen LogP contribution in [-0.2, 0) is 27.1 Å². The van der Waals surface area contributed by atoms with Crippen LogP contribution >= 0.6 is 0 Å². The molecule has 3 rings (SSSR count). The standard InChI is InChI=1S/C23H24F3N3O3/c1-3-20(30)27-18-8-7-14(2)19(11-18)28-22(32)16-10-21(31)29(13-16)12-15-5-4-6-17(9-15)23(24,25)26/h4-9,11,16H,3,10,12-13H2,1-2H3,(H,27,30)(H,28,32). The molecule has 0 aliphatic carbocycles. The average Bonchev–Trinajstić information content (AvgIpc) is 3.10. The monoisotopic (exact) mass is 447 g/mol. The number of nitrogens with one attached hydrogen (secondary N) is 2. The van der Waals surface area contributed by atoms with Gasteiger partial charge in [-0.25, -0.2) is 0 Å². The number of hydrogen-bond donors (Lipinski definition) is 2. The quantitative estimate of drug-likeness (QED) is 0.691. The van der Waals surface area contributed by atoms with Crippen molar-refractivity contribution in [1.82, 2.24) is 4.90 Å². The van der Waals surface area contributed by atoms with Gasteiger partial charge >= 0.3 is 6.18 Å². The molecule has 1 aliphatic heterocycles. The lowest BCUT2D eigenvalue weighted by Gasteiger charge is -2.18. The first-order valence-electron chi connectivity index (χ1n) is 10.2. The number of carbonyl (C=O) groups excluding carboxylic acids is 3. The SMILES string of the molecule is CCC(=O)Nc1ccc(C)c(NC(=O)C2CC(=O)N(Cc3cccc(C(F)(F)F)c3)C2)c1. The summed E-state index contributed by atoms with van der Waals surface area (Å²) >= 11 is 0. The summed E-state index contributed by atoms with van der Waals surface area (Å²) in [6, 6.07) is 9.96. The first-order valence-corrected chi connectivity index (χ1v) is 10.2. The topological polar surface area (TPSA) is 78.5 Å². The van der Waals surface area contributed by atoms with Crippen LogP contribution in [0, 0.1) is 12.8 Å². The van der Waals surface area contributed by atoms with Crippen molar-refractivity contribution in [2.24, 2.45) is 5.92 Å². The van der Waals surface area contributed by atoms with Crippen LogP contribution in [0.1, 0.15) is 36.5 Å². The van der Waals surface area contributed by atoms with Crippen LogP contribution in [0.25, 0.3) is 0 Å². The average molecular weight is 447 g/mol. The fraction of sp³-hybridized carbons (Fsp3) is 0.348. The van der Waals surface area contributed by atoms with Gasteiger partial charge in [0, 0.05) is 37.3 Å². The molecule has 2 N–H and O–H groups in total. The van der Waals surface area contributed by atoms with Gasteiger partial charge in [0.2, 0.25) is 17.7 Å². The summed E-state index contributed by atoms with van der Waals surface area (Å²) in [5.41, 5.74) is 1.43. The Bertz CT molecular complexity index is 1040. The van der Waals surface area contributed by atoms with E-state index in [4.69, 9.17) is 0 Å². The molecule has 9 heteroatoms. The van der Waals surface area contributed by atoms with Gasteiger partial charge in [-0.05, 0) is 42.3 Å². The molecular formula is C23H24F3N3O3. The Morgan fingerprint density at radius 2 is 1.88 bits per heavy atom. The third-order valence-electron chi connectivity index (χ3n) is 5.31. The van der Waals surface area contributed by atoms with Crippen molar-refractivity contribution in [1.29, 1.82) is 0 Å². The molecule has 2 aromatic carbocycles. The molecule has 0 aromatic heterocycles. The van der Waals surface area contributed by atoms with Gasteiger partial charge in [-0.15, -0.1) is 0 Å². The number of nitrogens with zero attached hydrogens (tertiary/aromatic N) is 1. The van der Waals surface area contributed by atoms with E-state index in [1.54, 1.807) is 32.0 Å². The maximum absolute atomic E-state index is 12.9. The van der Waals surface area contributed by atoms with Gasteiger partial charge in [-0.2, -0.15) is 13.2 Å². The highest BCUT2D eigenvalue weighted by Crippen LogP contribution is 2.30. The second-order valence-corrected chi connectivity index (χ2v) is 7.79. The van der Waals surface area contributed by atoms with Crippen molar-refractivity contribution in [2.75, 3.05) is 17.2 Å². The lowest BCUT2D eigenvalue weighted by molar-refractivity contribution is -0.137. The molecule has 1 atom stereocenters. The molecule has 1 saturated heterocycles. The third kappa shape index (κ3) is 5.66. The van der Waals surface area contributed by atoms with Crippen LogP contribution in [0.5, 0.6) is 0 Å². The first kappa shape index (κ1) is 23.3. The lowest BCUT2D eigenvalue weighted by atomic mass is 10.1. The molecular weight excluding hydrogens is 423 g/mol. The minimum absolute atomic E-state index is 0.00406. The fourth-order valence-electron chi connectivity index (χ4n) is 3.49. The third-order valence-corrected chi connectivity index (χ3v) is 5.31. The van der Waals surface area contributed by atoms with Crippen LogP contribution in [0.2, 0.25) is 0 Å². The number of anilines is 2. The maximum Gasteiger partial charge on any atom is 0.416 e. The van der Waals surface area contributed by atoms with Gasteiger partial charge in [-0.3, -0.25) is 14.4 Å². The van der Waals surface area contributed by atoms with Crippen molar-refractivity contribution in [2.45, 2.75) is 39.4 Å². The fourth-order valence-corrected chi connectivity index (χ4v) is 3.49. The molecule has 1 unspecified atom stereocenters. The van der Waals surface area contributed by atoms with E-state index in [0.717, 1.165) is 17.7 Å². The molecule has 170 valence electrons. The Kier molecular flexibility index (Phi) is 6.86. The molecule has 1 fully saturated rings. The summed E-state index contributed by atoms with van der Waals surface area (Å²) in [7, 11) is 0. The van der Waals surface area contributed by atoms with Crippen LogP contribution in [0.3, 0.4) is 0 Å². The summed E-state index contributed by atoms with van der Waals surface area (Å²) in [6.07, 6.45) is -4.16. The zero-order chi connectivity index (χ0) is 23.5. The van der Waals surface area contributed by atoms with Crippen LogP contribution in [0.15, 0.2) is 42.5 Å². The second kappa shape index (κ2) is 9.42. The smallest absolute Gasteiger partial charge is 0.338 e.